The predicted molar refractivity (Wildman–Crippen MR) is 55.8 cm³/mol. The van der Waals surface area contributed by atoms with E-state index in [0.717, 1.165) is 22.9 Å². The Balaban J connectivity index is 2.52. The zero-order chi connectivity index (χ0) is 14.0. The van der Waals surface area contributed by atoms with Gasteiger partial charge in [0, 0.05) is 0 Å². The summed E-state index contributed by atoms with van der Waals surface area (Å²) in [6, 6.07) is 6.17. The van der Waals surface area contributed by atoms with Gasteiger partial charge in [-0.25, -0.2) is 9.67 Å². The zero-order valence-electron chi connectivity index (χ0n) is 9.18. The summed E-state index contributed by atoms with van der Waals surface area (Å²) in [6.45, 7) is 0. The normalized spacial score (nSPS) is 10.8. The number of rotatable bonds is 1. The van der Waals surface area contributed by atoms with Crippen molar-refractivity contribution in [2.45, 2.75) is 6.18 Å². The maximum Gasteiger partial charge on any atom is 0.417 e. The van der Waals surface area contributed by atoms with Gasteiger partial charge in [0.25, 0.3) is 5.82 Å². The molecular formula is C11H4F3N5. The Labute approximate surface area is 105 Å². The zero-order valence-corrected chi connectivity index (χ0v) is 9.18. The lowest BCUT2D eigenvalue weighted by Gasteiger charge is -2.09. The molecule has 0 saturated carbocycles. The van der Waals surface area contributed by atoms with Gasteiger partial charge in [0.05, 0.1) is 22.9 Å². The first-order chi connectivity index (χ1) is 8.95. The van der Waals surface area contributed by atoms with E-state index < -0.39 is 17.3 Å². The summed E-state index contributed by atoms with van der Waals surface area (Å²) >= 11 is 0. The molecule has 1 aromatic heterocycles. The molecule has 0 radical (unpaired) electrons. The molecule has 0 fully saturated rings. The molecule has 1 heterocycles. The smallest absolute Gasteiger partial charge is 0.220 e. The van der Waals surface area contributed by atoms with Crippen LogP contribution in [0.2, 0.25) is 0 Å². The lowest BCUT2D eigenvalue weighted by Crippen LogP contribution is -2.08. The van der Waals surface area contributed by atoms with E-state index in [1.807, 2.05) is 0 Å². The largest absolute Gasteiger partial charge is 0.417 e. The number of hydrogen-bond donors (Lipinski definition) is 0. The Kier molecular flexibility index (Phi) is 2.93. The third kappa shape index (κ3) is 2.38. The summed E-state index contributed by atoms with van der Waals surface area (Å²) < 4.78 is 38.9. The minimum Gasteiger partial charge on any atom is -0.220 e. The van der Waals surface area contributed by atoms with E-state index in [1.54, 1.807) is 6.07 Å². The summed E-state index contributed by atoms with van der Waals surface area (Å²) in [5, 5.41) is 21.0. The summed E-state index contributed by atoms with van der Waals surface area (Å²) in [6.07, 6.45) is -3.41. The minimum absolute atomic E-state index is 0.113. The van der Waals surface area contributed by atoms with Crippen molar-refractivity contribution in [1.82, 2.24) is 14.8 Å². The first kappa shape index (κ1) is 12.6. The number of hydrogen-bond acceptors (Lipinski definition) is 4. The van der Waals surface area contributed by atoms with Crippen molar-refractivity contribution in [3.8, 4) is 17.8 Å². The second kappa shape index (κ2) is 4.42. The molecule has 0 N–H and O–H groups in total. The lowest BCUT2D eigenvalue weighted by molar-refractivity contribution is -0.137. The van der Waals surface area contributed by atoms with E-state index in [-0.39, 0.29) is 11.5 Å². The molecule has 5 nitrogen and oxygen atoms in total. The van der Waals surface area contributed by atoms with Gasteiger partial charge >= 0.3 is 6.18 Å². The van der Waals surface area contributed by atoms with Crippen LogP contribution < -0.4 is 0 Å². The number of nitrogens with zero attached hydrogens (tertiary/aromatic N) is 5. The first-order valence-corrected chi connectivity index (χ1v) is 4.89. The van der Waals surface area contributed by atoms with Crippen LogP contribution in [0.4, 0.5) is 13.2 Å². The van der Waals surface area contributed by atoms with E-state index in [2.05, 4.69) is 10.1 Å². The SMILES string of the molecule is N#Cc1ncn(-c2ccc(C(F)(F)F)c(C#N)c2)n1. The molecule has 8 heteroatoms. The molecule has 0 spiro atoms. The second-order valence-corrected chi connectivity index (χ2v) is 3.46. The summed E-state index contributed by atoms with van der Waals surface area (Å²) in [5.74, 6) is -0.113. The molecule has 0 saturated heterocycles. The van der Waals surface area contributed by atoms with Crippen LogP contribution in [0, 0.1) is 22.7 Å². The average Bonchev–Trinajstić information content (AvgIpc) is 2.85. The van der Waals surface area contributed by atoms with Gasteiger partial charge in [-0.05, 0) is 18.2 Å². The number of halogens is 3. The van der Waals surface area contributed by atoms with E-state index >= 15 is 0 Å². The van der Waals surface area contributed by atoms with Crippen LogP contribution in [0.15, 0.2) is 24.5 Å². The van der Waals surface area contributed by atoms with Crippen LogP contribution in [0.1, 0.15) is 17.0 Å². The monoisotopic (exact) mass is 263 g/mol. The fourth-order valence-corrected chi connectivity index (χ4v) is 1.45. The molecule has 0 aliphatic carbocycles. The lowest BCUT2D eigenvalue weighted by atomic mass is 10.1. The fraction of sp³-hybridized carbons (Fsp3) is 0.0909. The summed E-state index contributed by atoms with van der Waals surface area (Å²) in [4.78, 5) is 3.62. The van der Waals surface area contributed by atoms with Crippen LogP contribution >= 0.6 is 0 Å². The van der Waals surface area contributed by atoms with Crippen molar-refractivity contribution in [2.75, 3.05) is 0 Å². The third-order valence-corrected chi connectivity index (χ3v) is 2.29. The maximum absolute atomic E-state index is 12.6. The Morgan fingerprint density at radius 1 is 1.16 bits per heavy atom. The quantitative estimate of drug-likeness (QED) is 0.788. The van der Waals surface area contributed by atoms with Crippen molar-refractivity contribution in [3.63, 3.8) is 0 Å². The predicted octanol–water partition coefficient (Wildman–Crippen LogP) is 2.03. The molecule has 2 aromatic rings. The molecule has 2 rings (SSSR count). The molecule has 0 amide bonds. The molecule has 0 bridgehead atoms. The number of nitriles is 2. The van der Waals surface area contributed by atoms with Gasteiger partial charge in [-0.2, -0.15) is 23.7 Å². The fourth-order valence-electron chi connectivity index (χ4n) is 1.45. The second-order valence-electron chi connectivity index (χ2n) is 3.46. The van der Waals surface area contributed by atoms with Crippen molar-refractivity contribution < 1.29 is 13.2 Å². The van der Waals surface area contributed by atoms with E-state index in [9.17, 15) is 13.2 Å². The molecule has 0 unspecified atom stereocenters. The third-order valence-electron chi connectivity index (χ3n) is 2.29. The van der Waals surface area contributed by atoms with E-state index in [1.165, 1.54) is 12.4 Å². The molecule has 94 valence electrons. The van der Waals surface area contributed by atoms with Crippen LogP contribution in [-0.2, 0) is 6.18 Å². The van der Waals surface area contributed by atoms with Crippen LogP contribution in [-0.4, -0.2) is 14.8 Å². The van der Waals surface area contributed by atoms with Crippen LogP contribution in [0.25, 0.3) is 5.69 Å². The minimum atomic E-state index is -4.59. The Morgan fingerprint density at radius 3 is 2.42 bits per heavy atom. The van der Waals surface area contributed by atoms with Gasteiger partial charge in [0.2, 0.25) is 0 Å². The molecule has 0 atom stereocenters. The molecule has 0 aliphatic heterocycles. The Morgan fingerprint density at radius 2 is 1.89 bits per heavy atom. The highest BCUT2D eigenvalue weighted by Crippen LogP contribution is 2.32. The number of benzene rings is 1. The molecular weight excluding hydrogens is 259 g/mol. The van der Waals surface area contributed by atoms with Crippen LogP contribution in [0.3, 0.4) is 0 Å². The van der Waals surface area contributed by atoms with Crippen molar-refractivity contribution in [2.24, 2.45) is 0 Å². The van der Waals surface area contributed by atoms with Gasteiger partial charge in [-0.1, -0.05) is 0 Å². The van der Waals surface area contributed by atoms with E-state index in [4.69, 9.17) is 10.5 Å². The first-order valence-electron chi connectivity index (χ1n) is 4.89. The Hall–Kier alpha value is -2.87. The van der Waals surface area contributed by atoms with Gasteiger partial charge in [0.15, 0.2) is 0 Å². The molecule has 1 aromatic carbocycles. The average molecular weight is 263 g/mol. The van der Waals surface area contributed by atoms with Crippen molar-refractivity contribution >= 4 is 0 Å². The van der Waals surface area contributed by atoms with Gasteiger partial charge in [-0.15, -0.1) is 5.10 Å². The van der Waals surface area contributed by atoms with Gasteiger partial charge in [-0.3, -0.25) is 0 Å². The highest BCUT2D eigenvalue weighted by molar-refractivity contribution is 5.47. The van der Waals surface area contributed by atoms with Crippen molar-refractivity contribution in [1.29, 1.82) is 10.5 Å². The summed E-state index contributed by atoms with van der Waals surface area (Å²) in [5.41, 5.74) is -1.31. The maximum atomic E-state index is 12.6. The summed E-state index contributed by atoms with van der Waals surface area (Å²) in [7, 11) is 0. The number of aromatic nitrogens is 3. The number of alkyl halides is 3. The highest BCUT2D eigenvalue weighted by atomic mass is 19.4. The van der Waals surface area contributed by atoms with Crippen LogP contribution in [0.5, 0.6) is 0 Å². The standard InChI is InChI=1S/C11H4F3N5/c12-11(13,14)9-2-1-8(3-7(9)4-15)19-6-17-10(5-16)18-19/h1-3,6H. The topological polar surface area (TPSA) is 78.3 Å². The van der Waals surface area contributed by atoms with E-state index in [0.29, 0.717) is 0 Å². The molecule has 19 heavy (non-hydrogen) atoms. The molecule has 0 aliphatic rings. The Bertz CT molecular complexity index is 702. The highest BCUT2D eigenvalue weighted by Gasteiger charge is 2.33. The van der Waals surface area contributed by atoms with Gasteiger partial charge in [0.1, 0.15) is 12.4 Å². The van der Waals surface area contributed by atoms with Crippen molar-refractivity contribution in [3.05, 3.63) is 41.5 Å². The van der Waals surface area contributed by atoms with Gasteiger partial charge < -0.3 is 0 Å².